The summed E-state index contributed by atoms with van der Waals surface area (Å²) >= 11 is 1.35. The molecule has 0 unspecified atom stereocenters. The van der Waals surface area contributed by atoms with Gasteiger partial charge in [0, 0.05) is 11.8 Å². The highest BCUT2D eigenvalue weighted by Gasteiger charge is 2.14. The van der Waals surface area contributed by atoms with Crippen molar-refractivity contribution in [1.82, 2.24) is 9.78 Å². The van der Waals surface area contributed by atoms with Gasteiger partial charge >= 0.3 is 11.7 Å². The van der Waals surface area contributed by atoms with Crippen LogP contribution in [0.2, 0.25) is 0 Å². The summed E-state index contributed by atoms with van der Waals surface area (Å²) in [7, 11) is 0. The lowest BCUT2D eigenvalue weighted by atomic mass is 10.3. The Morgan fingerprint density at radius 2 is 2.07 bits per heavy atom. The van der Waals surface area contributed by atoms with Gasteiger partial charge in [0.15, 0.2) is 18.2 Å². The maximum Gasteiger partial charge on any atom is 0.437 e. The molecule has 3 aromatic rings. The van der Waals surface area contributed by atoms with E-state index in [1.54, 1.807) is 17.5 Å². The van der Waals surface area contributed by atoms with E-state index in [1.807, 2.05) is 0 Å². The Bertz CT molecular complexity index is 1050. The van der Waals surface area contributed by atoms with Crippen molar-refractivity contribution in [3.63, 3.8) is 0 Å². The number of aromatic nitrogens is 2. The molecule has 2 aromatic heterocycles. The zero-order valence-electron chi connectivity index (χ0n) is 14.2. The van der Waals surface area contributed by atoms with Crippen molar-refractivity contribution >= 4 is 28.9 Å². The van der Waals surface area contributed by atoms with Crippen LogP contribution in [0.25, 0.3) is 10.8 Å². The molecule has 0 radical (unpaired) electrons. The number of nitrogens with one attached hydrogen (secondary N) is 1. The number of nitrogens with zero attached hydrogens (tertiary/aromatic N) is 2. The second-order valence-corrected chi connectivity index (χ2v) is 6.41. The molecule has 28 heavy (non-hydrogen) atoms. The highest BCUT2D eigenvalue weighted by atomic mass is 32.1. The summed E-state index contributed by atoms with van der Waals surface area (Å²) in [5, 5.41) is 8.05. The number of carbonyl (C=O) groups is 2. The SMILES string of the molecule is O=C(COC(=O)CCn1nc(-c2cccs2)oc1=O)Nc1ccc(F)c(F)c1. The van der Waals surface area contributed by atoms with Gasteiger partial charge in [-0.2, -0.15) is 4.68 Å². The van der Waals surface area contributed by atoms with Gasteiger partial charge < -0.3 is 14.5 Å². The standard InChI is InChI=1S/C17H13F2N3O5S/c18-11-4-3-10(8-12(11)19)20-14(23)9-26-15(24)5-6-22-17(25)27-16(21-22)13-2-1-7-28-13/h1-4,7-8H,5-6,9H2,(H,20,23). The van der Waals surface area contributed by atoms with E-state index < -0.39 is 35.9 Å². The van der Waals surface area contributed by atoms with E-state index in [9.17, 15) is 23.2 Å². The molecule has 0 aliphatic rings. The number of rotatable bonds is 7. The molecular formula is C17H13F2N3O5S. The number of thiophene rings is 1. The Morgan fingerprint density at radius 3 is 2.79 bits per heavy atom. The van der Waals surface area contributed by atoms with Gasteiger partial charge in [-0.1, -0.05) is 6.07 Å². The largest absolute Gasteiger partial charge is 0.456 e. The van der Waals surface area contributed by atoms with Gasteiger partial charge in [-0.3, -0.25) is 9.59 Å². The van der Waals surface area contributed by atoms with Crippen molar-refractivity contribution in [1.29, 1.82) is 0 Å². The summed E-state index contributed by atoms with van der Waals surface area (Å²) in [6.07, 6.45) is -0.214. The van der Waals surface area contributed by atoms with Crippen LogP contribution in [0.5, 0.6) is 0 Å². The average Bonchev–Trinajstić information content (AvgIpc) is 3.31. The normalized spacial score (nSPS) is 10.6. The molecule has 2 heterocycles. The van der Waals surface area contributed by atoms with E-state index in [-0.39, 0.29) is 24.5 Å². The third kappa shape index (κ3) is 4.88. The van der Waals surface area contributed by atoms with E-state index >= 15 is 0 Å². The number of hydrogen-bond donors (Lipinski definition) is 1. The van der Waals surface area contributed by atoms with Gasteiger partial charge in [-0.05, 0) is 23.6 Å². The number of carbonyl (C=O) groups excluding carboxylic acids is 2. The van der Waals surface area contributed by atoms with Gasteiger partial charge in [0.1, 0.15) is 0 Å². The summed E-state index contributed by atoms with van der Waals surface area (Å²) in [6.45, 7) is -0.705. The molecule has 0 fully saturated rings. The quantitative estimate of drug-likeness (QED) is 0.601. The minimum Gasteiger partial charge on any atom is -0.456 e. The Morgan fingerprint density at radius 1 is 1.25 bits per heavy atom. The van der Waals surface area contributed by atoms with E-state index in [1.165, 1.54) is 17.4 Å². The Balaban J connectivity index is 1.46. The van der Waals surface area contributed by atoms with E-state index in [4.69, 9.17) is 9.15 Å². The van der Waals surface area contributed by atoms with Crippen LogP contribution in [0, 0.1) is 11.6 Å². The van der Waals surface area contributed by atoms with Gasteiger partial charge in [0.2, 0.25) is 0 Å². The molecule has 3 rings (SSSR count). The lowest BCUT2D eigenvalue weighted by molar-refractivity contribution is -0.147. The number of ether oxygens (including phenoxy) is 1. The van der Waals surface area contributed by atoms with Crippen LogP contribution in [-0.2, 0) is 20.9 Å². The number of esters is 1. The molecule has 0 saturated carbocycles. The summed E-state index contributed by atoms with van der Waals surface area (Å²) in [6, 6.07) is 6.34. The number of anilines is 1. The Labute approximate surface area is 160 Å². The van der Waals surface area contributed by atoms with Crippen LogP contribution in [0.15, 0.2) is 44.9 Å². The van der Waals surface area contributed by atoms with Crippen molar-refractivity contribution < 1.29 is 27.5 Å². The Kier molecular flexibility index (Phi) is 5.94. The number of halogens is 2. The predicted molar refractivity (Wildman–Crippen MR) is 94.6 cm³/mol. The summed E-state index contributed by atoms with van der Waals surface area (Å²) in [4.78, 5) is 35.8. The van der Waals surface area contributed by atoms with Crippen molar-refractivity contribution in [2.24, 2.45) is 0 Å². The number of hydrogen-bond acceptors (Lipinski definition) is 7. The molecular weight excluding hydrogens is 396 g/mol. The first kappa shape index (κ1) is 19.4. The monoisotopic (exact) mass is 409 g/mol. The van der Waals surface area contributed by atoms with Gasteiger partial charge in [-0.25, -0.2) is 13.6 Å². The number of amides is 1. The maximum absolute atomic E-state index is 13.1. The van der Waals surface area contributed by atoms with Crippen LogP contribution >= 0.6 is 11.3 Å². The minimum atomic E-state index is -1.12. The van der Waals surface area contributed by atoms with Gasteiger partial charge in [0.25, 0.3) is 11.8 Å². The molecule has 8 nitrogen and oxygen atoms in total. The molecule has 1 N–H and O–H groups in total. The van der Waals surface area contributed by atoms with E-state index in [0.717, 1.165) is 16.8 Å². The highest BCUT2D eigenvalue weighted by molar-refractivity contribution is 7.13. The zero-order valence-corrected chi connectivity index (χ0v) is 15.0. The molecule has 0 bridgehead atoms. The third-order valence-electron chi connectivity index (χ3n) is 3.43. The summed E-state index contributed by atoms with van der Waals surface area (Å²) in [5.41, 5.74) is 0.0233. The van der Waals surface area contributed by atoms with Crippen molar-refractivity contribution in [2.75, 3.05) is 11.9 Å². The average molecular weight is 409 g/mol. The molecule has 11 heteroatoms. The van der Waals surface area contributed by atoms with E-state index in [2.05, 4.69) is 10.4 Å². The summed E-state index contributed by atoms with van der Waals surface area (Å²) < 4.78 is 36.7. The summed E-state index contributed by atoms with van der Waals surface area (Å²) in [5.74, 6) is -4.19. The second kappa shape index (κ2) is 8.57. The van der Waals surface area contributed by atoms with Crippen molar-refractivity contribution in [3.8, 4) is 10.8 Å². The molecule has 0 atom stereocenters. The fourth-order valence-electron chi connectivity index (χ4n) is 2.13. The van der Waals surface area contributed by atoms with E-state index in [0.29, 0.717) is 4.88 Å². The molecule has 146 valence electrons. The lowest BCUT2D eigenvalue weighted by Gasteiger charge is -2.06. The molecule has 0 saturated heterocycles. The third-order valence-corrected chi connectivity index (χ3v) is 4.29. The van der Waals surface area contributed by atoms with Crippen molar-refractivity contribution in [2.45, 2.75) is 13.0 Å². The second-order valence-electron chi connectivity index (χ2n) is 5.46. The molecule has 0 spiro atoms. The van der Waals surface area contributed by atoms with Crippen LogP contribution in [0.3, 0.4) is 0 Å². The van der Waals surface area contributed by atoms with Crippen LogP contribution in [0.4, 0.5) is 14.5 Å². The molecule has 1 amide bonds. The predicted octanol–water partition coefficient (Wildman–Crippen LogP) is 2.42. The first-order valence-electron chi connectivity index (χ1n) is 7.95. The van der Waals surface area contributed by atoms with Crippen LogP contribution < -0.4 is 11.1 Å². The van der Waals surface area contributed by atoms with Gasteiger partial charge in [0.05, 0.1) is 17.8 Å². The smallest absolute Gasteiger partial charge is 0.437 e. The van der Waals surface area contributed by atoms with Gasteiger partial charge in [-0.15, -0.1) is 16.4 Å². The topological polar surface area (TPSA) is 103 Å². The van der Waals surface area contributed by atoms with Crippen LogP contribution in [0.1, 0.15) is 6.42 Å². The molecule has 1 aromatic carbocycles. The first-order chi connectivity index (χ1) is 13.4. The first-order valence-corrected chi connectivity index (χ1v) is 8.82. The zero-order chi connectivity index (χ0) is 20.1. The number of aryl methyl sites for hydroxylation is 1. The van der Waals surface area contributed by atoms with Crippen molar-refractivity contribution in [3.05, 3.63) is 57.9 Å². The maximum atomic E-state index is 13.1. The molecule has 0 aliphatic heterocycles. The highest BCUT2D eigenvalue weighted by Crippen LogP contribution is 2.21. The fraction of sp³-hybridized carbons (Fsp3) is 0.176. The Hall–Kier alpha value is -3.34. The fourth-order valence-corrected chi connectivity index (χ4v) is 2.78. The lowest BCUT2D eigenvalue weighted by Crippen LogP contribution is -2.23. The minimum absolute atomic E-state index is 0.0233. The number of benzene rings is 1. The van der Waals surface area contributed by atoms with Crippen LogP contribution in [-0.4, -0.2) is 28.3 Å². The molecule has 0 aliphatic carbocycles.